The highest BCUT2D eigenvalue weighted by Gasteiger charge is 2.32. The van der Waals surface area contributed by atoms with Crippen LogP contribution in [0.25, 0.3) is 0 Å². The first-order valence-electron chi connectivity index (χ1n) is 10.1. The van der Waals surface area contributed by atoms with Crippen LogP contribution >= 0.6 is 11.3 Å². The zero-order valence-electron chi connectivity index (χ0n) is 18.3. The summed E-state index contributed by atoms with van der Waals surface area (Å²) in [5, 5.41) is 4.37. The lowest BCUT2D eigenvalue weighted by molar-refractivity contribution is -0.123. The molecule has 3 N–H and O–H groups in total. The summed E-state index contributed by atoms with van der Waals surface area (Å²) in [4.78, 5) is 36.2. The molecular weight excluding hydrogens is 470 g/mol. The van der Waals surface area contributed by atoms with Crippen molar-refractivity contribution in [3.8, 4) is 0 Å². The molecule has 0 saturated carbocycles. The van der Waals surface area contributed by atoms with Crippen molar-refractivity contribution in [2.24, 2.45) is 5.73 Å². The van der Waals surface area contributed by atoms with Gasteiger partial charge in [-0.3, -0.25) is 9.59 Å². The quantitative estimate of drug-likeness (QED) is 0.557. The van der Waals surface area contributed by atoms with Crippen molar-refractivity contribution in [1.29, 1.82) is 0 Å². The van der Waals surface area contributed by atoms with Gasteiger partial charge in [0.1, 0.15) is 5.00 Å². The number of hydrogen-bond acceptors (Lipinski definition) is 8. The Balaban J connectivity index is 1.64. The second-order valence-corrected chi connectivity index (χ2v) is 10.5. The van der Waals surface area contributed by atoms with Crippen LogP contribution in [0, 0.1) is 0 Å². The predicted octanol–water partition coefficient (Wildman–Crippen LogP) is 1.83. The molecule has 33 heavy (non-hydrogen) atoms. The molecule has 0 aliphatic carbocycles. The molecule has 3 unspecified atom stereocenters. The molecule has 0 bridgehead atoms. The number of anilines is 1. The number of ether oxygens (including phenoxy) is 2. The number of benzene rings is 1. The predicted molar refractivity (Wildman–Crippen MR) is 122 cm³/mol. The standard InChI is InChI=1S/C21H25N3O7S2/c1-12-10-24(11-13(2)30-12)33(28,29)16-6-4-15(5-7-16)21(27)31-14(3)19(26)23-20-17(18(22)25)8-9-32-20/h4-9,12-14H,10-11H2,1-3H3,(H2,22,25)(H,23,26). The summed E-state index contributed by atoms with van der Waals surface area (Å²) in [7, 11) is -3.75. The molecule has 1 aromatic heterocycles. The molecule has 12 heteroatoms. The minimum absolute atomic E-state index is 0.0443. The molecule has 2 amide bonds. The number of morpholine rings is 1. The van der Waals surface area contributed by atoms with Crippen LogP contribution in [0.3, 0.4) is 0 Å². The van der Waals surface area contributed by atoms with Gasteiger partial charge in [0, 0.05) is 13.1 Å². The number of nitrogens with one attached hydrogen (secondary N) is 1. The molecule has 1 fully saturated rings. The number of amides is 2. The average molecular weight is 496 g/mol. The summed E-state index contributed by atoms with van der Waals surface area (Å²) in [6.07, 6.45) is -1.61. The number of rotatable bonds is 7. The molecule has 1 aliphatic rings. The van der Waals surface area contributed by atoms with Gasteiger partial charge >= 0.3 is 5.97 Å². The first-order valence-corrected chi connectivity index (χ1v) is 12.5. The number of sulfonamides is 1. The summed E-state index contributed by atoms with van der Waals surface area (Å²) in [6, 6.07) is 6.79. The molecule has 10 nitrogen and oxygen atoms in total. The molecule has 1 saturated heterocycles. The van der Waals surface area contributed by atoms with Crippen LogP contribution in [-0.4, -0.2) is 61.9 Å². The van der Waals surface area contributed by atoms with E-state index in [0.29, 0.717) is 0 Å². The Labute approximate surface area is 195 Å². The molecular formula is C21H25N3O7S2. The summed E-state index contributed by atoms with van der Waals surface area (Å²) in [5.74, 6) is -2.12. The number of hydrogen-bond donors (Lipinski definition) is 2. The molecule has 2 heterocycles. The molecule has 3 atom stereocenters. The molecule has 0 spiro atoms. The van der Waals surface area contributed by atoms with E-state index in [1.807, 2.05) is 13.8 Å². The molecule has 0 radical (unpaired) electrons. The van der Waals surface area contributed by atoms with Crippen molar-refractivity contribution in [2.45, 2.75) is 44.0 Å². The fourth-order valence-electron chi connectivity index (χ4n) is 3.33. The van der Waals surface area contributed by atoms with E-state index in [9.17, 15) is 22.8 Å². The van der Waals surface area contributed by atoms with Crippen LogP contribution < -0.4 is 11.1 Å². The van der Waals surface area contributed by atoms with Gasteiger partial charge in [0.05, 0.1) is 28.2 Å². The lowest BCUT2D eigenvalue weighted by Crippen LogP contribution is -2.48. The second-order valence-electron chi connectivity index (χ2n) is 7.67. The van der Waals surface area contributed by atoms with E-state index in [0.717, 1.165) is 11.3 Å². The number of esters is 1. The molecule has 3 rings (SSSR count). The Morgan fingerprint density at radius 2 is 1.76 bits per heavy atom. The lowest BCUT2D eigenvalue weighted by Gasteiger charge is -2.34. The highest BCUT2D eigenvalue weighted by Crippen LogP contribution is 2.24. The molecule has 178 valence electrons. The molecule has 2 aromatic rings. The zero-order valence-corrected chi connectivity index (χ0v) is 19.9. The minimum atomic E-state index is -3.75. The maximum absolute atomic E-state index is 12.9. The summed E-state index contributed by atoms with van der Waals surface area (Å²) in [6.45, 7) is 5.48. The Kier molecular flexibility index (Phi) is 7.52. The Hall–Kier alpha value is -2.80. The van der Waals surface area contributed by atoms with Crippen molar-refractivity contribution >= 4 is 44.1 Å². The van der Waals surface area contributed by atoms with Crippen LogP contribution in [0.2, 0.25) is 0 Å². The van der Waals surface area contributed by atoms with Gasteiger partial charge in [-0.1, -0.05) is 0 Å². The number of nitrogens with two attached hydrogens (primary N) is 1. The molecule has 1 aliphatic heterocycles. The third kappa shape index (κ3) is 5.77. The fourth-order valence-corrected chi connectivity index (χ4v) is 5.72. The SMILES string of the molecule is CC1CN(S(=O)(=O)c2ccc(C(=O)OC(C)C(=O)Nc3sccc3C(N)=O)cc2)CC(C)O1. The Bertz CT molecular complexity index is 1130. The minimum Gasteiger partial charge on any atom is -0.449 e. The average Bonchev–Trinajstić information content (AvgIpc) is 3.21. The first-order chi connectivity index (χ1) is 15.5. The van der Waals surface area contributed by atoms with Crippen LogP contribution in [0.1, 0.15) is 41.5 Å². The van der Waals surface area contributed by atoms with Gasteiger partial charge in [-0.15, -0.1) is 11.3 Å². The first kappa shape index (κ1) is 24.8. The van der Waals surface area contributed by atoms with E-state index in [1.165, 1.54) is 41.6 Å². The monoisotopic (exact) mass is 495 g/mol. The van der Waals surface area contributed by atoms with Gasteiger partial charge in [0.15, 0.2) is 6.10 Å². The number of thiophene rings is 1. The third-order valence-corrected chi connectivity index (χ3v) is 7.61. The van der Waals surface area contributed by atoms with Gasteiger partial charge in [-0.05, 0) is 56.5 Å². The van der Waals surface area contributed by atoms with E-state index in [1.54, 1.807) is 5.38 Å². The van der Waals surface area contributed by atoms with Crippen molar-refractivity contribution < 1.29 is 32.3 Å². The maximum atomic E-state index is 12.9. The zero-order chi connectivity index (χ0) is 24.3. The summed E-state index contributed by atoms with van der Waals surface area (Å²) < 4.78 is 38.0. The highest BCUT2D eigenvalue weighted by atomic mass is 32.2. The second kappa shape index (κ2) is 10.00. The normalized spacial score (nSPS) is 20.1. The van der Waals surface area contributed by atoms with Gasteiger partial charge in [0.25, 0.3) is 11.8 Å². The van der Waals surface area contributed by atoms with Gasteiger partial charge < -0.3 is 20.5 Å². The summed E-state index contributed by atoms with van der Waals surface area (Å²) >= 11 is 1.11. The largest absolute Gasteiger partial charge is 0.449 e. The van der Waals surface area contributed by atoms with E-state index < -0.39 is 33.9 Å². The van der Waals surface area contributed by atoms with E-state index >= 15 is 0 Å². The van der Waals surface area contributed by atoms with Crippen molar-refractivity contribution in [2.75, 3.05) is 18.4 Å². The molecule has 1 aromatic carbocycles. The number of primary amides is 1. The van der Waals surface area contributed by atoms with Crippen molar-refractivity contribution in [3.63, 3.8) is 0 Å². The number of carbonyl (C=O) groups is 3. The van der Waals surface area contributed by atoms with Crippen LogP contribution in [0.15, 0.2) is 40.6 Å². The fraction of sp³-hybridized carbons (Fsp3) is 0.381. The van der Waals surface area contributed by atoms with Gasteiger partial charge in [0.2, 0.25) is 10.0 Å². The topological polar surface area (TPSA) is 145 Å². The van der Waals surface area contributed by atoms with E-state index in [-0.39, 0.29) is 46.3 Å². The van der Waals surface area contributed by atoms with Crippen LogP contribution in [-0.2, 0) is 24.3 Å². The van der Waals surface area contributed by atoms with Crippen LogP contribution in [0.5, 0.6) is 0 Å². The van der Waals surface area contributed by atoms with Crippen LogP contribution in [0.4, 0.5) is 5.00 Å². The highest BCUT2D eigenvalue weighted by molar-refractivity contribution is 7.89. The van der Waals surface area contributed by atoms with Crippen molar-refractivity contribution in [3.05, 3.63) is 46.8 Å². The van der Waals surface area contributed by atoms with Crippen molar-refractivity contribution in [1.82, 2.24) is 4.31 Å². The number of carbonyl (C=O) groups excluding carboxylic acids is 3. The number of nitrogens with zero attached hydrogens (tertiary/aromatic N) is 1. The van der Waals surface area contributed by atoms with Gasteiger partial charge in [-0.2, -0.15) is 4.31 Å². The smallest absolute Gasteiger partial charge is 0.338 e. The van der Waals surface area contributed by atoms with E-state index in [2.05, 4.69) is 5.32 Å². The lowest BCUT2D eigenvalue weighted by atomic mass is 10.2. The Morgan fingerprint density at radius 3 is 2.33 bits per heavy atom. The van der Waals surface area contributed by atoms with E-state index in [4.69, 9.17) is 15.2 Å². The summed E-state index contributed by atoms with van der Waals surface area (Å²) in [5.41, 5.74) is 5.50. The third-order valence-electron chi connectivity index (χ3n) is 4.93. The Morgan fingerprint density at radius 1 is 1.15 bits per heavy atom. The maximum Gasteiger partial charge on any atom is 0.338 e. The van der Waals surface area contributed by atoms with Gasteiger partial charge in [-0.25, -0.2) is 13.2 Å².